The van der Waals surface area contributed by atoms with Crippen LogP contribution in [0.15, 0.2) is 0 Å². The molecule has 5 nitrogen and oxygen atoms in total. The van der Waals surface area contributed by atoms with E-state index in [1.807, 2.05) is 5.32 Å². The fourth-order valence-electron chi connectivity index (χ4n) is 1.32. The highest BCUT2D eigenvalue weighted by Gasteiger charge is 2.42. The Bertz CT molecular complexity index is 333. The van der Waals surface area contributed by atoms with Gasteiger partial charge in [0.2, 0.25) is 0 Å². The number of urea groups is 1. The van der Waals surface area contributed by atoms with Gasteiger partial charge in [0.25, 0.3) is 0 Å². The van der Waals surface area contributed by atoms with Crippen LogP contribution < -0.4 is 10.6 Å². The van der Waals surface area contributed by atoms with Gasteiger partial charge in [-0.25, -0.2) is 18.4 Å². The third-order valence-corrected chi connectivity index (χ3v) is 2.77. The van der Waals surface area contributed by atoms with Crippen molar-refractivity contribution in [1.29, 1.82) is 0 Å². The first kappa shape index (κ1) is 17.5. The molecule has 0 unspecified atom stereocenters. The Balaban J connectivity index is 4.58. The number of hydrogen-bond acceptors (Lipinski definition) is 2. The fraction of sp³-hybridized carbons (Fsp3) is 0.800. The smallest absolute Gasteiger partial charge is 0.329 e. The first-order valence-electron chi connectivity index (χ1n) is 5.56. The molecular formula is C10H16F4N2O3. The maximum atomic E-state index is 12.6. The van der Waals surface area contributed by atoms with Gasteiger partial charge < -0.3 is 15.7 Å². The molecule has 0 aliphatic rings. The quantitative estimate of drug-likeness (QED) is 0.625. The van der Waals surface area contributed by atoms with E-state index in [1.54, 1.807) is 0 Å². The van der Waals surface area contributed by atoms with E-state index in [-0.39, 0.29) is 12.8 Å². The van der Waals surface area contributed by atoms with Gasteiger partial charge in [-0.2, -0.15) is 8.78 Å². The largest absolute Gasteiger partial charge is 0.480 e. The molecule has 9 heteroatoms. The summed E-state index contributed by atoms with van der Waals surface area (Å²) in [5.74, 6) is -5.69. The standard InChI is InChI=1S/C10H16F4N2O3/c1-3-9(4-2,7(17)18)16-8(19)15-5-10(13,14)6(11)12/h6H,3-5H2,1-2H3,(H,17,18)(H2,15,16,19). The van der Waals surface area contributed by atoms with Crippen molar-refractivity contribution >= 4 is 12.0 Å². The Kier molecular flexibility index (Phi) is 6.04. The Morgan fingerprint density at radius 2 is 1.68 bits per heavy atom. The minimum Gasteiger partial charge on any atom is -0.480 e. The summed E-state index contributed by atoms with van der Waals surface area (Å²) in [5, 5.41) is 12.5. The predicted molar refractivity (Wildman–Crippen MR) is 58.4 cm³/mol. The summed E-state index contributed by atoms with van der Waals surface area (Å²) in [6.07, 6.45) is -3.86. The molecule has 0 aliphatic heterocycles. The molecule has 112 valence electrons. The number of carbonyl (C=O) groups excluding carboxylic acids is 1. The molecule has 0 spiro atoms. The molecule has 0 heterocycles. The zero-order chi connectivity index (χ0) is 15.3. The minimum absolute atomic E-state index is 0.0253. The zero-order valence-corrected chi connectivity index (χ0v) is 10.5. The Morgan fingerprint density at radius 3 is 2.00 bits per heavy atom. The predicted octanol–water partition coefficient (Wildman–Crippen LogP) is 1.83. The van der Waals surface area contributed by atoms with E-state index in [2.05, 4.69) is 0 Å². The average Bonchev–Trinajstić information content (AvgIpc) is 2.33. The Hall–Kier alpha value is -1.54. The molecule has 3 N–H and O–H groups in total. The molecule has 0 radical (unpaired) electrons. The molecule has 0 saturated heterocycles. The number of rotatable bonds is 7. The van der Waals surface area contributed by atoms with E-state index in [9.17, 15) is 27.2 Å². The lowest BCUT2D eigenvalue weighted by Gasteiger charge is -2.28. The van der Waals surface area contributed by atoms with Gasteiger partial charge in [0.05, 0.1) is 6.54 Å². The minimum atomic E-state index is -4.36. The summed E-state index contributed by atoms with van der Waals surface area (Å²) in [5.41, 5.74) is -1.61. The number of alkyl halides is 4. The monoisotopic (exact) mass is 288 g/mol. The van der Waals surface area contributed by atoms with Gasteiger partial charge in [-0.3, -0.25) is 0 Å². The van der Waals surface area contributed by atoms with Crippen molar-refractivity contribution in [2.24, 2.45) is 0 Å². The molecule has 0 saturated carbocycles. The van der Waals surface area contributed by atoms with Crippen LogP contribution in [0.1, 0.15) is 26.7 Å². The topological polar surface area (TPSA) is 78.4 Å². The Labute approximate surface area is 107 Å². The van der Waals surface area contributed by atoms with Crippen LogP contribution in [0.4, 0.5) is 22.4 Å². The van der Waals surface area contributed by atoms with Gasteiger partial charge in [-0.15, -0.1) is 0 Å². The van der Waals surface area contributed by atoms with E-state index < -0.39 is 36.4 Å². The van der Waals surface area contributed by atoms with E-state index in [0.717, 1.165) is 0 Å². The third kappa shape index (κ3) is 4.56. The van der Waals surface area contributed by atoms with Crippen LogP contribution in [0.25, 0.3) is 0 Å². The molecule has 0 fully saturated rings. The van der Waals surface area contributed by atoms with Crippen LogP contribution in [0.5, 0.6) is 0 Å². The summed E-state index contributed by atoms with van der Waals surface area (Å²) in [6.45, 7) is 1.41. The molecule has 0 aliphatic carbocycles. The number of amides is 2. The van der Waals surface area contributed by atoms with Crippen molar-refractivity contribution in [3.8, 4) is 0 Å². The SMILES string of the molecule is CCC(CC)(NC(=O)NCC(F)(F)C(F)F)C(=O)O. The van der Waals surface area contributed by atoms with Gasteiger partial charge in [-0.05, 0) is 12.8 Å². The fourth-order valence-corrected chi connectivity index (χ4v) is 1.32. The molecule has 19 heavy (non-hydrogen) atoms. The second kappa shape index (κ2) is 6.58. The van der Waals surface area contributed by atoms with Gasteiger partial charge in [0, 0.05) is 0 Å². The van der Waals surface area contributed by atoms with Crippen LogP contribution in [0.3, 0.4) is 0 Å². The summed E-state index contributed by atoms with van der Waals surface area (Å²) in [6, 6.07) is -1.23. The lowest BCUT2D eigenvalue weighted by atomic mass is 9.93. The zero-order valence-electron chi connectivity index (χ0n) is 10.5. The van der Waals surface area contributed by atoms with Crippen molar-refractivity contribution in [1.82, 2.24) is 10.6 Å². The second-order valence-corrected chi connectivity index (χ2v) is 3.96. The molecule has 0 aromatic carbocycles. The first-order valence-corrected chi connectivity index (χ1v) is 5.56. The number of carboxylic acid groups (broad SMARTS) is 1. The van der Waals surface area contributed by atoms with Crippen molar-refractivity contribution in [2.75, 3.05) is 6.54 Å². The van der Waals surface area contributed by atoms with Crippen molar-refractivity contribution < 1.29 is 32.3 Å². The molecule has 0 rings (SSSR count). The molecule has 0 aromatic rings. The molecule has 2 amide bonds. The number of nitrogens with one attached hydrogen (secondary N) is 2. The van der Waals surface area contributed by atoms with Crippen molar-refractivity contribution in [3.63, 3.8) is 0 Å². The maximum Gasteiger partial charge on any atom is 0.329 e. The lowest BCUT2D eigenvalue weighted by molar-refractivity contribution is -0.144. The normalized spacial score (nSPS) is 12.4. The molecular weight excluding hydrogens is 272 g/mol. The van der Waals surface area contributed by atoms with Gasteiger partial charge in [0.15, 0.2) is 0 Å². The van der Waals surface area contributed by atoms with Gasteiger partial charge >= 0.3 is 24.3 Å². The van der Waals surface area contributed by atoms with Crippen LogP contribution in [-0.4, -0.2) is 41.5 Å². The van der Waals surface area contributed by atoms with E-state index in [1.165, 1.54) is 19.2 Å². The van der Waals surface area contributed by atoms with Gasteiger partial charge in [-0.1, -0.05) is 13.8 Å². The highest BCUT2D eigenvalue weighted by molar-refractivity contribution is 5.86. The molecule has 0 bridgehead atoms. The number of hydrogen-bond donors (Lipinski definition) is 3. The van der Waals surface area contributed by atoms with Crippen LogP contribution in [0, 0.1) is 0 Å². The number of carboxylic acids is 1. The van der Waals surface area contributed by atoms with Crippen LogP contribution >= 0.6 is 0 Å². The third-order valence-electron chi connectivity index (χ3n) is 2.77. The number of aliphatic carboxylic acids is 1. The Morgan fingerprint density at radius 1 is 1.21 bits per heavy atom. The summed E-state index contributed by atoms with van der Waals surface area (Å²) in [4.78, 5) is 22.3. The summed E-state index contributed by atoms with van der Waals surface area (Å²) < 4.78 is 48.8. The van der Waals surface area contributed by atoms with E-state index in [4.69, 9.17) is 5.11 Å². The summed E-state index contributed by atoms with van der Waals surface area (Å²) >= 11 is 0. The second-order valence-electron chi connectivity index (χ2n) is 3.96. The average molecular weight is 288 g/mol. The highest BCUT2D eigenvalue weighted by atomic mass is 19.3. The molecule has 0 atom stereocenters. The van der Waals surface area contributed by atoms with Gasteiger partial charge in [0.1, 0.15) is 5.54 Å². The lowest BCUT2D eigenvalue weighted by Crippen LogP contribution is -2.57. The van der Waals surface area contributed by atoms with Crippen LogP contribution in [0.2, 0.25) is 0 Å². The van der Waals surface area contributed by atoms with E-state index >= 15 is 0 Å². The first-order chi connectivity index (χ1) is 8.61. The van der Waals surface area contributed by atoms with Crippen molar-refractivity contribution in [2.45, 2.75) is 44.6 Å². The summed E-state index contributed by atoms with van der Waals surface area (Å²) in [7, 11) is 0. The molecule has 0 aromatic heterocycles. The number of carbonyl (C=O) groups is 2. The maximum absolute atomic E-state index is 12.6. The van der Waals surface area contributed by atoms with E-state index in [0.29, 0.717) is 0 Å². The number of halogens is 4. The highest BCUT2D eigenvalue weighted by Crippen LogP contribution is 2.21. The van der Waals surface area contributed by atoms with Crippen LogP contribution in [-0.2, 0) is 4.79 Å². The van der Waals surface area contributed by atoms with Crippen molar-refractivity contribution in [3.05, 3.63) is 0 Å².